The molecule has 0 unspecified atom stereocenters. The van der Waals surface area contributed by atoms with E-state index in [1.165, 1.54) is 12.1 Å². The fourth-order valence-electron chi connectivity index (χ4n) is 1.91. The molecule has 0 atom stereocenters. The van der Waals surface area contributed by atoms with Gasteiger partial charge in [-0.15, -0.1) is 0 Å². The van der Waals surface area contributed by atoms with Crippen LogP contribution in [-0.4, -0.2) is 42.7 Å². The van der Waals surface area contributed by atoms with Gasteiger partial charge in [0.1, 0.15) is 11.4 Å². The van der Waals surface area contributed by atoms with Crippen molar-refractivity contribution >= 4 is 17.1 Å². The summed E-state index contributed by atoms with van der Waals surface area (Å²) >= 11 is 0. The van der Waals surface area contributed by atoms with Crippen molar-refractivity contribution in [3.63, 3.8) is 0 Å². The Morgan fingerprint density at radius 1 is 1.50 bits per heavy atom. The molecule has 0 aliphatic heterocycles. The Kier molecular flexibility index (Phi) is 6.10. The largest absolute Gasteiger partial charge is 0.395 e. The minimum absolute atomic E-state index is 0.0720. The highest BCUT2D eigenvalue weighted by molar-refractivity contribution is 5.77. The van der Waals surface area contributed by atoms with E-state index in [0.717, 1.165) is 4.90 Å². The number of halogens is 2. The van der Waals surface area contributed by atoms with Crippen molar-refractivity contribution in [2.75, 3.05) is 36.5 Å². The summed E-state index contributed by atoms with van der Waals surface area (Å²) in [6.07, 6.45) is -2.65. The molecule has 0 aliphatic rings. The number of hydrogen-bond donors (Lipinski definition) is 2. The lowest BCUT2D eigenvalue weighted by molar-refractivity contribution is -0.383. The molecule has 0 heterocycles. The predicted octanol–water partition coefficient (Wildman–Crippen LogP) is 2.09. The Balaban J connectivity index is 3.24. The molecule has 8 heteroatoms. The van der Waals surface area contributed by atoms with Crippen molar-refractivity contribution in [2.24, 2.45) is 0 Å². The zero-order valence-corrected chi connectivity index (χ0v) is 11.1. The van der Waals surface area contributed by atoms with Crippen LogP contribution in [-0.2, 0) is 0 Å². The van der Waals surface area contributed by atoms with Crippen molar-refractivity contribution in [2.45, 2.75) is 13.3 Å². The number of nitro groups is 1. The molecule has 2 N–H and O–H groups in total. The number of anilines is 2. The first-order valence-electron chi connectivity index (χ1n) is 6.16. The van der Waals surface area contributed by atoms with Crippen LogP contribution in [0, 0.1) is 10.1 Å². The van der Waals surface area contributed by atoms with Crippen LogP contribution < -0.4 is 10.2 Å². The number of para-hydroxylation sites is 1. The van der Waals surface area contributed by atoms with Gasteiger partial charge in [-0.2, -0.15) is 0 Å². The topological polar surface area (TPSA) is 78.6 Å². The second-order valence-electron chi connectivity index (χ2n) is 4.02. The average Bonchev–Trinajstić information content (AvgIpc) is 2.37. The van der Waals surface area contributed by atoms with Crippen molar-refractivity contribution in [3.05, 3.63) is 28.3 Å². The molecule has 1 aromatic rings. The van der Waals surface area contributed by atoms with Gasteiger partial charge in [0.2, 0.25) is 0 Å². The molecule has 0 saturated heterocycles. The lowest BCUT2D eigenvalue weighted by atomic mass is 10.2. The third-order valence-electron chi connectivity index (χ3n) is 2.63. The van der Waals surface area contributed by atoms with Crippen molar-refractivity contribution in [3.8, 4) is 0 Å². The summed E-state index contributed by atoms with van der Waals surface area (Å²) in [5.41, 5.74) is 0.0819. The van der Waals surface area contributed by atoms with Crippen LogP contribution in [0.3, 0.4) is 0 Å². The van der Waals surface area contributed by atoms with Gasteiger partial charge in [0.25, 0.3) is 6.43 Å². The summed E-state index contributed by atoms with van der Waals surface area (Å²) < 4.78 is 25.1. The molecule has 20 heavy (non-hydrogen) atoms. The molecular weight excluding hydrogens is 272 g/mol. The number of rotatable bonds is 8. The molecule has 6 nitrogen and oxygen atoms in total. The Hall–Kier alpha value is -1.96. The minimum Gasteiger partial charge on any atom is -0.395 e. The Morgan fingerprint density at radius 3 is 2.70 bits per heavy atom. The smallest absolute Gasteiger partial charge is 0.315 e. The average molecular weight is 289 g/mol. The van der Waals surface area contributed by atoms with Gasteiger partial charge in [0.15, 0.2) is 0 Å². The molecule has 1 rings (SSSR count). The van der Waals surface area contributed by atoms with Gasteiger partial charge in [-0.3, -0.25) is 10.1 Å². The first-order valence-corrected chi connectivity index (χ1v) is 6.16. The monoisotopic (exact) mass is 289 g/mol. The molecule has 0 radical (unpaired) electrons. The second-order valence-corrected chi connectivity index (χ2v) is 4.02. The normalized spacial score (nSPS) is 10.7. The number of nitrogens with zero attached hydrogens (tertiary/aromatic N) is 2. The van der Waals surface area contributed by atoms with E-state index in [1.807, 2.05) is 0 Å². The van der Waals surface area contributed by atoms with Crippen LogP contribution in [0.1, 0.15) is 6.92 Å². The Bertz CT molecular complexity index is 458. The highest BCUT2D eigenvalue weighted by atomic mass is 19.3. The van der Waals surface area contributed by atoms with Crippen LogP contribution in [0.5, 0.6) is 0 Å². The summed E-state index contributed by atoms with van der Waals surface area (Å²) in [6, 6.07) is 4.47. The molecule has 0 spiro atoms. The number of alkyl halides is 2. The molecule has 0 aliphatic carbocycles. The number of nitrogens with one attached hydrogen (secondary N) is 1. The number of aliphatic hydroxyl groups excluding tert-OH is 1. The lowest BCUT2D eigenvalue weighted by Crippen LogP contribution is -2.32. The van der Waals surface area contributed by atoms with Crippen LogP contribution in [0.2, 0.25) is 0 Å². The quantitative estimate of drug-likeness (QED) is 0.566. The van der Waals surface area contributed by atoms with Crippen LogP contribution >= 0.6 is 0 Å². The molecule has 112 valence electrons. The number of aliphatic hydroxyl groups is 1. The van der Waals surface area contributed by atoms with Gasteiger partial charge in [0, 0.05) is 13.1 Å². The number of benzene rings is 1. The van der Waals surface area contributed by atoms with Gasteiger partial charge in [-0.25, -0.2) is 8.78 Å². The predicted molar refractivity (Wildman–Crippen MR) is 72.6 cm³/mol. The van der Waals surface area contributed by atoms with E-state index in [4.69, 9.17) is 5.11 Å². The van der Waals surface area contributed by atoms with E-state index in [9.17, 15) is 18.9 Å². The fourth-order valence-corrected chi connectivity index (χ4v) is 1.91. The maximum atomic E-state index is 12.6. The highest BCUT2D eigenvalue weighted by Gasteiger charge is 2.25. The molecular formula is C12H17F2N3O3. The van der Waals surface area contributed by atoms with Crippen molar-refractivity contribution in [1.82, 2.24) is 0 Å². The number of hydrogen-bond acceptors (Lipinski definition) is 5. The van der Waals surface area contributed by atoms with Gasteiger partial charge < -0.3 is 15.3 Å². The van der Waals surface area contributed by atoms with Crippen LogP contribution in [0.15, 0.2) is 18.2 Å². The second kappa shape index (κ2) is 7.59. The van der Waals surface area contributed by atoms with E-state index < -0.39 is 17.9 Å². The molecule has 0 bridgehead atoms. The molecule has 0 aromatic heterocycles. The van der Waals surface area contributed by atoms with E-state index in [2.05, 4.69) is 5.32 Å². The third kappa shape index (κ3) is 4.02. The summed E-state index contributed by atoms with van der Waals surface area (Å²) in [5, 5.41) is 23.0. The van der Waals surface area contributed by atoms with E-state index in [-0.39, 0.29) is 30.2 Å². The van der Waals surface area contributed by atoms with Gasteiger partial charge in [0.05, 0.1) is 18.1 Å². The highest BCUT2D eigenvalue weighted by Crippen LogP contribution is 2.35. The van der Waals surface area contributed by atoms with E-state index in [0.29, 0.717) is 6.54 Å². The molecule has 0 fully saturated rings. The summed E-state index contributed by atoms with van der Waals surface area (Å²) in [5.74, 6) is 0. The van der Waals surface area contributed by atoms with E-state index >= 15 is 0 Å². The van der Waals surface area contributed by atoms with Gasteiger partial charge >= 0.3 is 5.69 Å². The third-order valence-corrected chi connectivity index (χ3v) is 2.63. The van der Waals surface area contributed by atoms with Crippen molar-refractivity contribution < 1.29 is 18.8 Å². The lowest BCUT2D eigenvalue weighted by Gasteiger charge is -2.24. The maximum Gasteiger partial charge on any atom is 0.315 e. The Labute approximate surface area is 115 Å². The van der Waals surface area contributed by atoms with E-state index in [1.54, 1.807) is 13.0 Å². The van der Waals surface area contributed by atoms with Gasteiger partial charge in [-0.05, 0) is 19.1 Å². The molecule has 0 saturated carbocycles. The first kappa shape index (κ1) is 16.1. The molecule has 0 amide bonds. The zero-order valence-electron chi connectivity index (χ0n) is 11.1. The SMILES string of the molecule is CCNc1cccc(N(CCO)CC(F)F)c1[N+](=O)[O-]. The number of nitro benzene ring substituents is 1. The van der Waals surface area contributed by atoms with Crippen LogP contribution in [0.4, 0.5) is 25.8 Å². The Morgan fingerprint density at radius 2 is 2.20 bits per heavy atom. The zero-order chi connectivity index (χ0) is 15.1. The van der Waals surface area contributed by atoms with Crippen LogP contribution in [0.25, 0.3) is 0 Å². The summed E-state index contributed by atoms with van der Waals surface area (Å²) in [6.45, 7) is 1.12. The first-order chi connectivity index (χ1) is 9.51. The maximum absolute atomic E-state index is 12.6. The van der Waals surface area contributed by atoms with Gasteiger partial charge in [-0.1, -0.05) is 6.07 Å². The van der Waals surface area contributed by atoms with Crippen molar-refractivity contribution in [1.29, 1.82) is 0 Å². The standard InChI is InChI=1S/C12H17F2N3O3/c1-2-15-9-4-3-5-10(12(9)17(19)20)16(6-7-18)8-11(13)14/h3-5,11,15,18H,2,6-8H2,1H3. The summed E-state index contributed by atoms with van der Waals surface area (Å²) in [4.78, 5) is 11.7. The minimum atomic E-state index is -2.65. The summed E-state index contributed by atoms with van der Waals surface area (Å²) in [7, 11) is 0. The fraction of sp³-hybridized carbons (Fsp3) is 0.500. The molecule has 1 aromatic carbocycles.